The zero-order valence-corrected chi connectivity index (χ0v) is 12.3. The maximum absolute atomic E-state index is 12.1. The van der Waals surface area contributed by atoms with Gasteiger partial charge in [0, 0.05) is 19.3 Å². The van der Waals surface area contributed by atoms with E-state index in [0.29, 0.717) is 12.1 Å². The van der Waals surface area contributed by atoms with E-state index in [4.69, 9.17) is 5.26 Å². The summed E-state index contributed by atoms with van der Waals surface area (Å²) in [6, 6.07) is 15.8. The van der Waals surface area contributed by atoms with Gasteiger partial charge < -0.3 is 15.3 Å². The molecule has 22 heavy (non-hydrogen) atoms. The Morgan fingerprint density at radius 2 is 1.82 bits per heavy atom. The molecule has 1 amide bonds. The van der Waals surface area contributed by atoms with Crippen LogP contribution in [-0.2, 0) is 11.3 Å². The van der Waals surface area contributed by atoms with E-state index in [2.05, 4.69) is 5.32 Å². The summed E-state index contributed by atoms with van der Waals surface area (Å²) in [4.78, 5) is 13.7. The number of amides is 1. The van der Waals surface area contributed by atoms with Crippen molar-refractivity contribution in [3.05, 3.63) is 59.7 Å². The van der Waals surface area contributed by atoms with Crippen molar-refractivity contribution in [2.45, 2.75) is 6.54 Å². The Hall–Kier alpha value is -3.00. The van der Waals surface area contributed by atoms with Gasteiger partial charge in [-0.05, 0) is 42.0 Å². The van der Waals surface area contributed by atoms with E-state index in [0.717, 1.165) is 11.3 Å². The molecule has 0 unspecified atom stereocenters. The van der Waals surface area contributed by atoms with Crippen molar-refractivity contribution in [2.24, 2.45) is 0 Å². The van der Waals surface area contributed by atoms with Gasteiger partial charge in [-0.25, -0.2) is 0 Å². The van der Waals surface area contributed by atoms with Crippen LogP contribution in [0, 0.1) is 11.3 Å². The normalized spacial score (nSPS) is 9.82. The number of likely N-dealkylation sites (N-methyl/N-ethyl adjacent to an activating group) is 1. The van der Waals surface area contributed by atoms with Crippen LogP contribution in [0.25, 0.3) is 0 Å². The minimum atomic E-state index is -0.0440. The highest BCUT2D eigenvalue weighted by molar-refractivity contribution is 5.80. The number of carbonyl (C=O) groups is 1. The number of anilines is 1. The fourth-order valence-corrected chi connectivity index (χ4v) is 1.94. The van der Waals surface area contributed by atoms with Crippen LogP contribution < -0.4 is 5.32 Å². The molecule has 112 valence electrons. The predicted octanol–water partition coefficient (Wildman–Crippen LogP) is 2.33. The van der Waals surface area contributed by atoms with E-state index in [9.17, 15) is 9.90 Å². The maximum Gasteiger partial charge on any atom is 0.241 e. The van der Waals surface area contributed by atoms with Crippen molar-refractivity contribution in [1.82, 2.24) is 4.90 Å². The largest absolute Gasteiger partial charge is 0.508 e. The Labute approximate surface area is 129 Å². The number of phenols is 1. The molecule has 0 radical (unpaired) electrons. The number of hydrogen-bond acceptors (Lipinski definition) is 4. The molecule has 0 heterocycles. The zero-order valence-electron chi connectivity index (χ0n) is 12.3. The Bertz CT molecular complexity index is 673. The second-order valence-electron chi connectivity index (χ2n) is 4.96. The number of phenolic OH excluding ortho intramolecular Hbond substituents is 1. The number of aromatic hydroxyl groups is 1. The molecule has 0 bridgehead atoms. The molecule has 2 N–H and O–H groups in total. The molecule has 2 aromatic carbocycles. The molecule has 0 aliphatic carbocycles. The first-order chi connectivity index (χ1) is 10.6. The molecule has 0 atom stereocenters. The monoisotopic (exact) mass is 295 g/mol. The van der Waals surface area contributed by atoms with Crippen molar-refractivity contribution in [2.75, 3.05) is 18.9 Å². The topological polar surface area (TPSA) is 76.4 Å². The summed E-state index contributed by atoms with van der Waals surface area (Å²) in [6.07, 6.45) is 0. The van der Waals surface area contributed by atoms with Gasteiger partial charge in [0.2, 0.25) is 5.91 Å². The van der Waals surface area contributed by atoms with Gasteiger partial charge in [-0.15, -0.1) is 0 Å². The number of nitriles is 1. The van der Waals surface area contributed by atoms with Crippen LogP contribution >= 0.6 is 0 Å². The van der Waals surface area contributed by atoms with Gasteiger partial charge in [0.05, 0.1) is 18.2 Å². The third-order valence-corrected chi connectivity index (χ3v) is 3.24. The van der Waals surface area contributed by atoms with Crippen LogP contribution in [0.3, 0.4) is 0 Å². The first-order valence-electron chi connectivity index (χ1n) is 6.84. The molecule has 5 heteroatoms. The Morgan fingerprint density at radius 3 is 2.41 bits per heavy atom. The number of hydrogen-bond donors (Lipinski definition) is 2. The second-order valence-corrected chi connectivity index (χ2v) is 4.96. The lowest BCUT2D eigenvalue weighted by Gasteiger charge is -2.18. The number of rotatable bonds is 5. The summed E-state index contributed by atoms with van der Waals surface area (Å²) in [5.41, 5.74) is 2.33. The van der Waals surface area contributed by atoms with Gasteiger partial charge in [-0.1, -0.05) is 12.1 Å². The quantitative estimate of drug-likeness (QED) is 0.887. The lowest BCUT2D eigenvalue weighted by Crippen LogP contribution is -2.31. The van der Waals surface area contributed by atoms with Gasteiger partial charge in [0.15, 0.2) is 0 Å². The number of carbonyl (C=O) groups excluding carboxylic acids is 1. The lowest BCUT2D eigenvalue weighted by atomic mass is 10.2. The van der Waals surface area contributed by atoms with Gasteiger partial charge in [0.25, 0.3) is 0 Å². The van der Waals surface area contributed by atoms with E-state index in [1.54, 1.807) is 60.5 Å². The molecule has 0 aliphatic rings. The van der Waals surface area contributed by atoms with Crippen LogP contribution in [-0.4, -0.2) is 29.5 Å². The van der Waals surface area contributed by atoms with Crippen LogP contribution in [0.1, 0.15) is 11.1 Å². The Morgan fingerprint density at radius 1 is 1.18 bits per heavy atom. The highest BCUT2D eigenvalue weighted by Gasteiger charge is 2.09. The summed E-state index contributed by atoms with van der Waals surface area (Å²) in [5, 5.41) is 21.0. The van der Waals surface area contributed by atoms with Crippen LogP contribution in [0.4, 0.5) is 5.69 Å². The molecule has 0 spiro atoms. The maximum atomic E-state index is 12.1. The molecule has 0 aromatic heterocycles. The SMILES string of the molecule is CN(Cc1ccc(O)cc1)C(=O)CNc1ccc(C#N)cc1. The molecule has 0 saturated carbocycles. The van der Waals surface area contributed by atoms with E-state index in [-0.39, 0.29) is 18.2 Å². The van der Waals surface area contributed by atoms with Crippen molar-refractivity contribution in [3.63, 3.8) is 0 Å². The van der Waals surface area contributed by atoms with E-state index in [1.807, 2.05) is 6.07 Å². The summed E-state index contributed by atoms with van der Waals surface area (Å²) < 4.78 is 0. The molecule has 2 aromatic rings. The smallest absolute Gasteiger partial charge is 0.241 e. The van der Waals surface area contributed by atoms with Crippen LogP contribution in [0.5, 0.6) is 5.75 Å². The van der Waals surface area contributed by atoms with Crippen molar-refractivity contribution in [3.8, 4) is 11.8 Å². The molecule has 5 nitrogen and oxygen atoms in total. The standard InChI is InChI=1S/C17H17N3O2/c1-20(12-14-4-8-16(21)9-5-14)17(22)11-19-15-6-2-13(10-18)3-7-15/h2-9,19,21H,11-12H2,1H3. The molecular weight excluding hydrogens is 278 g/mol. The first-order valence-corrected chi connectivity index (χ1v) is 6.84. The van der Waals surface area contributed by atoms with Crippen molar-refractivity contribution >= 4 is 11.6 Å². The van der Waals surface area contributed by atoms with Crippen molar-refractivity contribution in [1.29, 1.82) is 5.26 Å². The van der Waals surface area contributed by atoms with Gasteiger partial charge >= 0.3 is 0 Å². The van der Waals surface area contributed by atoms with Crippen LogP contribution in [0.2, 0.25) is 0 Å². The number of nitrogens with zero attached hydrogens (tertiary/aromatic N) is 2. The third kappa shape index (κ3) is 4.25. The Kier molecular flexibility index (Phi) is 4.99. The minimum absolute atomic E-state index is 0.0440. The molecular formula is C17H17N3O2. The predicted molar refractivity (Wildman–Crippen MR) is 84.2 cm³/mol. The number of nitrogens with one attached hydrogen (secondary N) is 1. The highest BCUT2D eigenvalue weighted by Crippen LogP contribution is 2.12. The average molecular weight is 295 g/mol. The van der Waals surface area contributed by atoms with Gasteiger partial charge in [-0.3, -0.25) is 4.79 Å². The third-order valence-electron chi connectivity index (χ3n) is 3.24. The summed E-state index contributed by atoms with van der Waals surface area (Å²) >= 11 is 0. The van der Waals surface area contributed by atoms with E-state index >= 15 is 0 Å². The average Bonchev–Trinajstić information content (AvgIpc) is 2.55. The second kappa shape index (κ2) is 7.14. The summed E-state index contributed by atoms with van der Waals surface area (Å²) in [7, 11) is 1.73. The fraction of sp³-hybridized carbons (Fsp3) is 0.176. The van der Waals surface area contributed by atoms with Gasteiger partial charge in [0.1, 0.15) is 5.75 Å². The molecule has 0 saturated heterocycles. The number of benzene rings is 2. The van der Waals surface area contributed by atoms with E-state index < -0.39 is 0 Å². The summed E-state index contributed by atoms with van der Waals surface area (Å²) in [6.45, 7) is 0.661. The fourth-order valence-electron chi connectivity index (χ4n) is 1.94. The van der Waals surface area contributed by atoms with Crippen molar-refractivity contribution < 1.29 is 9.90 Å². The highest BCUT2D eigenvalue weighted by atomic mass is 16.3. The molecule has 0 aliphatic heterocycles. The molecule has 2 rings (SSSR count). The van der Waals surface area contributed by atoms with Crippen LogP contribution in [0.15, 0.2) is 48.5 Å². The lowest BCUT2D eigenvalue weighted by molar-refractivity contribution is -0.128. The minimum Gasteiger partial charge on any atom is -0.508 e. The van der Waals surface area contributed by atoms with Gasteiger partial charge in [-0.2, -0.15) is 5.26 Å². The summed E-state index contributed by atoms with van der Waals surface area (Å²) in [5.74, 6) is 0.164. The zero-order chi connectivity index (χ0) is 15.9. The molecule has 0 fully saturated rings. The first kappa shape index (κ1) is 15.4. The van der Waals surface area contributed by atoms with E-state index in [1.165, 1.54) is 0 Å². The Balaban J connectivity index is 1.85.